The molecule has 1 aromatic heterocycles. The molecular weight excluding hydrogens is 347 g/mol. The molecule has 1 aliphatic heterocycles. The van der Waals surface area contributed by atoms with Crippen molar-refractivity contribution in [1.29, 1.82) is 0 Å². The van der Waals surface area contributed by atoms with Crippen molar-refractivity contribution in [2.45, 2.75) is 32.2 Å². The minimum atomic E-state index is -0.128. The molecule has 1 aromatic carbocycles. The summed E-state index contributed by atoms with van der Waals surface area (Å²) < 4.78 is 2.17. The average molecular weight is 367 g/mol. The van der Waals surface area contributed by atoms with Crippen LogP contribution in [0.3, 0.4) is 0 Å². The van der Waals surface area contributed by atoms with Crippen molar-refractivity contribution in [2.75, 3.05) is 18.4 Å². The molecule has 3 rings (SSSR count). The second-order valence-corrected chi connectivity index (χ2v) is 6.73. The molecular formula is C17H20Cl2N4O. The van der Waals surface area contributed by atoms with Crippen LogP contribution in [0.4, 0.5) is 10.5 Å². The molecule has 0 unspecified atom stereocenters. The summed E-state index contributed by atoms with van der Waals surface area (Å²) in [7, 11) is 0. The fourth-order valence-electron chi connectivity index (χ4n) is 3.07. The van der Waals surface area contributed by atoms with Gasteiger partial charge in [0.05, 0.1) is 10.7 Å². The molecule has 1 saturated heterocycles. The van der Waals surface area contributed by atoms with Crippen molar-refractivity contribution in [3.05, 3.63) is 46.5 Å². The number of aryl methyl sites for hydroxylation is 1. The van der Waals surface area contributed by atoms with E-state index in [1.807, 2.05) is 17.3 Å². The van der Waals surface area contributed by atoms with Gasteiger partial charge in [-0.3, -0.25) is 0 Å². The zero-order valence-electron chi connectivity index (χ0n) is 13.5. The molecule has 7 heteroatoms. The van der Waals surface area contributed by atoms with E-state index in [1.165, 1.54) is 0 Å². The van der Waals surface area contributed by atoms with Crippen LogP contribution in [0.5, 0.6) is 0 Å². The predicted octanol–water partition coefficient (Wildman–Crippen LogP) is 4.62. The van der Waals surface area contributed by atoms with Crippen LogP contribution < -0.4 is 5.32 Å². The Balaban J connectivity index is 1.59. The van der Waals surface area contributed by atoms with Gasteiger partial charge in [-0.05, 0) is 38.0 Å². The fourth-order valence-corrected chi connectivity index (χ4v) is 3.53. The Bertz CT molecular complexity index is 723. The number of aromatic nitrogens is 2. The number of carbonyl (C=O) groups excluding carboxylic acids is 1. The van der Waals surface area contributed by atoms with Gasteiger partial charge in [0.1, 0.15) is 5.82 Å². The highest BCUT2D eigenvalue weighted by molar-refractivity contribution is 6.36. The van der Waals surface area contributed by atoms with Gasteiger partial charge in [-0.15, -0.1) is 0 Å². The second kappa shape index (κ2) is 7.45. The lowest BCUT2D eigenvalue weighted by molar-refractivity contribution is 0.193. The Kier molecular flexibility index (Phi) is 5.31. The summed E-state index contributed by atoms with van der Waals surface area (Å²) in [4.78, 5) is 18.7. The number of amides is 2. The Labute approximate surface area is 151 Å². The number of piperidine rings is 1. The molecule has 5 nitrogen and oxygen atoms in total. The van der Waals surface area contributed by atoms with Crippen molar-refractivity contribution in [3.8, 4) is 0 Å². The monoisotopic (exact) mass is 366 g/mol. The van der Waals surface area contributed by atoms with E-state index in [4.69, 9.17) is 23.2 Å². The molecule has 1 N–H and O–H groups in total. The van der Waals surface area contributed by atoms with Gasteiger partial charge in [0.25, 0.3) is 0 Å². The van der Waals surface area contributed by atoms with E-state index in [0.717, 1.165) is 25.2 Å². The van der Waals surface area contributed by atoms with Crippen LogP contribution in [0.25, 0.3) is 0 Å². The molecule has 2 amide bonds. The number of anilines is 1. The molecule has 0 atom stereocenters. The number of rotatable bonds is 3. The summed E-state index contributed by atoms with van der Waals surface area (Å²) in [6, 6.07) is 4.92. The molecule has 1 aliphatic rings. The Hall–Kier alpha value is -1.72. The molecule has 2 aromatic rings. The zero-order valence-corrected chi connectivity index (χ0v) is 15.0. The van der Waals surface area contributed by atoms with E-state index >= 15 is 0 Å². The summed E-state index contributed by atoms with van der Waals surface area (Å²) in [5.74, 6) is 1.53. The van der Waals surface area contributed by atoms with Gasteiger partial charge >= 0.3 is 6.03 Å². The van der Waals surface area contributed by atoms with Crippen molar-refractivity contribution in [3.63, 3.8) is 0 Å². The van der Waals surface area contributed by atoms with E-state index in [9.17, 15) is 4.79 Å². The van der Waals surface area contributed by atoms with Crippen LogP contribution in [0.2, 0.25) is 10.0 Å². The number of nitrogens with zero attached hydrogens (tertiary/aromatic N) is 3. The van der Waals surface area contributed by atoms with E-state index in [0.29, 0.717) is 34.7 Å². The number of carbonyl (C=O) groups is 1. The summed E-state index contributed by atoms with van der Waals surface area (Å²) in [5.41, 5.74) is 0.578. The maximum Gasteiger partial charge on any atom is 0.321 e. The molecule has 0 saturated carbocycles. The first-order valence-corrected chi connectivity index (χ1v) is 8.86. The number of hydrogen-bond donors (Lipinski definition) is 1. The van der Waals surface area contributed by atoms with Gasteiger partial charge in [-0.25, -0.2) is 9.78 Å². The minimum Gasteiger partial charge on any atom is -0.335 e. The minimum absolute atomic E-state index is 0.128. The number of urea groups is 1. The number of nitrogens with one attached hydrogen (secondary N) is 1. The normalized spacial score (nSPS) is 15.5. The van der Waals surface area contributed by atoms with E-state index in [2.05, 4.69) is 21.8 Å². The van der Waals surface area contributed by atoms with Crippen LogP contribution in [0.15, 0.2) is 30.6 Å². The number of imidazole rings is 1. The van der Waals surface area contributed by atoms with E-state index < -0.39 is 0 Å². The SMILES string of the molecule is CCn1ccnc1C1CCN(C(=O)Nc2ccc(Cl)cc2Cl)CC1. The summed E-state index contributed by atoms with van der Waals surface area (Å²) in [6.45, 7) is 4.45. The van der Waals surface area contributed by atoms with Crippen molar-refractivity contribution < 1.29 is 4.79 Å². The fraction of sp³-hybridized carbons (Fsp3) is 0.412. The summed E-state index contributed by atoms with van der Waals surface area (Å²) >= 11 is 12.0. The molecule has 128 valence electrons. The number of benzene rings is 1. The van der Waals surface area contributed by atoms with Gasteiger partial charge in [0.15, 0.2) is 0 Å². The molecule has 0 aliphatic carbocycles. The largest absolute Gasteiger partial charge is 0.335 e. The van der Waals surface area contributed by atoms with Gasteiger partial charge < -0.3 is 14.8 Å². The van der Waals surface area contributed by atoms with Crippen LogP contribution in [0.1, 0.15) is 31.5 Å². The smallest absolute Gasteiger partial charge is 0.321 e. The zero-order chi connectivity index (χ0) is 17.1. The van der Waals surface area contributed by atoms with Gasteiger partial charge in [0, 0.05) is 43.0 Å². The van der Waals surface area contributed by atoms with Gasteiger partial charge in [-0.2, -0.15) is 0 Å². The first-order chi connectivity index (χ1) is 11.6. The highest BCUT2D eigenvalue weighted by Gasteiger charge is 2.26. The summed E-state index contributed by atoms with van der Waals surface area (Å²) in [6.07, 6.45) is 5.69. The van der Waals surface area contributed by atoms with Crippen LogP contribution in [-0.4, -0.2) is 33.6 Å². The Morgan fingerprint density at radius 3 is 2.75 bits per heavy atom. The molecule has 24 heavy (non-hydrogen) atoms. The number of halogens is 2. The highest BCUT2D eigenvalue weighted by Crippen LogP contribution is 2.29. The van der Waals surface area contributed by atoms with Crippen molar-refractivity contribution in [2.24, 2.45) is 0 Å². The molecule has 1 fully saturated rings. The third kappa shape index (κ3) is 3.68. The lowest BCUT2D eigenvalue weighted by Crippen LogP contribution is -2.41. The molecule has 0 radical (unpaired) electrons. The van der Waals surface area contributed by atoms with E-state index in [1.54, 1.807) is 18.2 Å². The standard InChI is InChI=1S/C17H20Cl2N4O/c1-2-22-10-7-20-16(22)12-5-8-23(9-6-12)17(24)21-15-4-3-13(18)11-14(15)19/h3-4,7,10-12H,2,5-6,8-9H2,1H3,(H,21,24). The van der Waals surface area contributed by atoms with Crippen LogP contribution in [-0.2, 0) is 6.54 Å². The lowest BCUT2D eigenvalue weighted by atomic mass is 9.96. The Morgan fingerprint density at radius 1 is 1.33 bits per heavy atom. The lowest BCUT2D eigenvalue weighted by Gasteiger charge is -2.32. The van der Waals surface area contributed by atoms with Crippen molar-refractivity contribution >= 4 is 34.9 Å². The predicted molar refractivity (Wildman–Crippen MR) is 96.9 cm³/mol. The summed E-state index contributed by atoms with van der Waals surface area (Å²) in [5, 5.41) is 3.84. The van der Waals surface area contributed by atoms with E-state index in [-0.39, 0.29) is 6.03 Å². The maximum atomic E-state index is 12.4. The molecule has 2 heterocycles. The Morgan fingerprint density at radius 2 is 2.08 bits per heavy atom. The third-order valence-corrected chi connectivity index (χ3v) is 4.96. The van der Waals surface area contributed by atoms with Gasteiger partial charge in [-0.1, -0.05) is 23.2 Å². The maximum absolute atomic E-state index is 12.4. The van der Waals surface area contributed by atoms with Crippen LogP contribution in [0, 0.1) is 0 Å². The second-order valence-electron chi connectivity index (χ2n) is 5.89. The first kappa shape index (κ1) is 17.1. The highest BCUT2D eigenvalue weighted by atomic mass is 35.5. The van der Waals surface area contributed by atoms with Gasteiger partial charge in [0.2, 0.25) is 0 Å². The average Bonchev–Trinajstić information content (AvgIpc) is 3.06. The number of likely N-dealkylation sites (tertiary alicyclic amines) is 1. The molecule has 0 bridgehead atoms. The topological polar surface area (TPSA) is 50.2 Å². The van der Waals surface area contributed by atoms with Crippen molar-refractivity contribution in [1.82, 2.24) is 14.5 Å². The molecule has 0 spiro atoms. The number of hydrogen-bond acceptors (Lipinski definition) is 2. The van der Waals surface area contributed by atoms with Crippen LogP contribution >= 0.6 is 23.2 Å². The third-order valence-electron chi connectivity index (χ3n) is 4.41. The first-order valence-electron chi connectivity index (χ1n) is 8.10. The quantitative estimate of drug-likeness (QED) is 0.861.